The number of nitrogens with one attached hydrogen (secondary N) is 1. The van der Waals surface area contributed by atoms with Crippen LogP contribution in [0.25, 0.3) is 0 Å². The number of aliphatic carboxylic acids is 1. The van der Waals surface area contributed by atoms with Gasteiger partial charge in [-0.1, -0.05) is 0 Å². The van der Waals surface area contributed by atoms with Gasteiger partial charge in [0.15, 0.2) is 0 Å². The van der Waals surface area contributed by atoms with E-state index < -0.39 is 5.97 Å². The number of quaternary nitrogens is 1. The Morgan fingerprint density at radius 3 is 2.80 bits per heavy atom. The molecule has 0 aliphatic carbocycles. The lowest BCUT2D eigenvalue weighted by Crippen LogP contribution is -2.66. The number of carboxylic acids is 1. The van der Waals surface area contributed by atoms with Gasteiger partial charge in [0.25, 0.3) is 0 Å². The minimum Gasteiger partial charge on any atom is -0.480 e. The Balaban J connectivity index is 2.39. The van der Waals surface area contributed by atoms with Crippen LogP contribution in [0, 0.1) is 0 Å². The molecule has 4 nitrogen and oxygen atoms in total. The maximum atomic E-state index is 10.4. The molecule has 4 heteroatoms. The molecule has 0 saturated carbocycles. The molecule has 0 amide bonds. The highest BCUT2D eigenvalue weighted by atomic mass is 16.4. The van der Waals surface area contributed by atoms with E-state index in [1.165, 1.54) is 0 Å². The van der Waals surface area contributed by atoms with Crippen molar-refractivity contribution >= 4 is 5.97 Å². The Morgan fingerprint density at radius 1 is 1.70 bits per heavy atom. The molecule has 0 radical (unpaired) electrons. The van der Waals surface area contributed by atoms with Crippen LogP contribution in [0.5, 0.6) is 0 Å². The van der Waals surface area contributed by atoms with Gasteiger partial charge in [0.05, 0.1) is 6.04 Å². The maximum absolute atomic E-state index is 10.4. The van der Waals surface area contributed by atoms with Gasteiger partial charge in [-0.15, -0.1) is 0 Å². The fraction of sp³-hybridized carbons (Fsp3) is 0.833. The third-order valence-corrected chi connectivity index (χ3v) is 1.81. The molecule has 1 rings (SSSR count). The van der Waals surface area contributed by atoms with Crippen molar-refractivity contribution in [3.05, 3.63) is 0 Å². The van der Waals surface area contributed by atoms with Crippen molar-refractivity contribution in [2.75, 3.05) is 6.54 Å². The number of rotatable bonds is 1. The second-order valence-electron chi connectivity index (χ2n) is 2.74. The lowest BCUT2D eigenvalue weighted by molar-refractivity contribution is -0.425. The second-order valence-corrected chi connectivity index (χ2v) is 2.74. The molecule has 0 spiro atoms. The lowest BCUT2D eigenvalue weighted by atomic mass is 10.0. The predicted molar refractivity (Wildman–Crippen MR) is 35.3 cm³/mol. The van der Waals surface area contributed by atoms with E-state index in [1.54, 1.807) is 0 Å². The van der Waals surface area contributed by atoms with E-state index in [1.807, 2.05) is 0 Å². The van der Waals surface area contributed by atoms with Crippen LogP contribution in [0.15, 0.2) is 0 Å². The van der Waals surface area contributed by atoms with Gasteiger partial charge in [0.2, 0.25) is 0 Å². The first-order valence-corrected chi connectivity index (χ1v) is 3.49. The van der Waals surface area contributed by atoms with Gasteiger partial charge in [-0.2, -0.15) is 0 Å². The zero-order chi connectivity index (χ0) is 7.56. The van der Waals surface area contributed by atoms with Crippen molar-refractivity contribution in [2.24, 2.45) is 0 Å². The Labute approximate surface area is 59.4 Å². The van der Waals surface area contributed by atoms with Crippen LogP contribution in [0.2, 0.25) is 0 Å². The number of hydrogen-bond acceptors (Lipinski definition) is 2. The van der Waals surface area contributed by atoms with Gasteiger partial charge in [0, 0.05) is 19.4 Å². The first-order valence-electron chi connectivity index (χ1n) is 3.49. The first-order chi connectivity index (χ1) is 4.70. The molecule has 2 atom stereocenters. The number of carbonyl (C=O) groups is 1. The van der Waals surface area contributed by atoms with E-state index in [4.69, 9.17) is 5.11 Å². The maximum Gasteiger partial charge on any atom is 0.320 e. The van der Waals surface area contributed by atoms with E-state index in [0.717, 1.165) is 13.0 Å². The SMILES string of the molecule is [NH3+][C@H]1CCN[C@H](C(=O)O)C1. The summed E-state index contributed by atoms with van der Waals surface area (Å²) in [6.45, 7) is 0.783. The van der Waals surface area contributed by atoms with E-state index in [0.29, 0.717) is 12.5 Å². The summed E-state index contributed by atoms with van der Waals surface area (Å²) in [5.74, 6) is -0.756. The van der Waals surface area contributed by atoms with Gasteiger partial charge >= 0.3 is 5.97 Å². The van der Waals surface area contributed by atoms with Gasteiger partial charge in [0.1, 0.15) is 6.04 Å². The molecule has 0 bridgehead atoms. The van der Waals surface area contributed by atoms with Gasteiger partial charge in [-0.25, -0.2) is 0 Å². The Hall–Kier alpha value is -0.610. The Morgan fingerprint density at radius 2 is 2.40 bits per heavy atom. The Kier molecular flexibility index (Phi) is 2.24. The highest BCUT2D eigenvalue weighted by Gasteiger charge is 2.25. The number of piperidine rings is 1. The van der Waals surface area contributed by atoms with Crippen molar-refractivity contribution in [1.82, 2.24) is 5.32 Å². The minimum absolute atomic E-state index is 0.308. The summed E-state index contributed by atoms with van der Waals surface area (Å²) in [4.78, 5) is 10.4. The van der Waals surface area contributed by atoms with E-state index in [-0.39, 0.29) is 6.04 Å². The average molecular weight is 145 g/mol. The zero-order valence-corrected chi connectivity index (χ0v) is 5.84. The molecule has 1 saturated heterocycles. The standard InChI is InChI=1S/C6H12N2O2/c7-4-1-2-8-5(3-4)6(9)10/h4-5,8H,1-3,7H2,(H,9,10)/p+1/t4-,5-/m0/s1. The molecule has 0 aromatic rings. The molecule has 0 aromatic heterocycles. The monoisotopic (exact) mass is 145 g/mol. The minimum atomic E-state index is -0.756. The molecule has 1 heterocycles. The second kappa shape index (κ2) is 2.98. The van der Waals surface area contributed by atoms with Crippen LogP contribution < -0.4 is 11.1 Å². The van der Waals surface area contributed by atoms with Crippen molar-refractivity contribution in [3.63, 3.8) is 0 Å². The molecule has 10 heavy (non-hydrogen) atoms. The van der Waals surface area contributed by atoms with Crippen LogP contribution in [-0.2, 0) is 4.79 Å². The average Bonchev–Trinajstić information content (AvgIpc) is 1.88. The fourth-order valence-electron chi connectivity index (χ4n) is 1.18. The molecular formula is C6H13N2O2+. The molecule has 1 fully saturated rings. The quantitative estimate of drug-likeness (QED) is 0.417. The lowest BCUT2D eigenvalue weighted by Gasteiger charge is -2.22. The first kappa shape index (κ1) is 7.50. The van der Waals surface area contributed by atoms with Crippen LogP contribution >= 0.6 is 0 Å². The number of hydrogen-bond donors (Lipinski definition) is 3. The Bertz CT molecular complexity index is 138. The van der Waals surface area contributed by atoms with E-state index in [2.05, 4.69) is 11.1 Å². The van der Waals surface area contributed by atoms with Gasteiger partial charge in [-0.3, -0.25) is 4.79 Å². The summed E-state index contributed by atoms with van der Waals surface area (Å²) >= 11 is 0. The van der Waals surface area contributed by atoms with Crippen LogP contribution in [0.1, 0.15) is 12.8 Å². The van der Waals surface area contributed by atoms with Crippen molar-refractivity contribution < 1.29 is 15.6 Å². The molecular weight excluding hydrogens is 132 g/mol. The highest BCUT2D eigenvalue weighted by molar-refractivity contribution is 5.73. The van der Waals surface area contributed by atoms with Crippen molar-refractivity contribution in [3.8, 4) is 0 Å². The van der Waals surface area contributed by atoms with Crippen LogP contribution in [0.4, 0.5) is 0 Å². The molecule has 0 aromatic carbocycles. The van der Waals surface area contributed by atoms with Crippen molar-refractivity contribution in [1.29, 1.82) is 0 Å². The zero-order valence-electron chi connectivity index (χ0n) is 5.84. The van der Waals surface area contributed by atoms with Crippen molar-refractivity contribution in [2.45, 2.75) is 24.9 Å². The molecule has 0 unspecified atom stereocenters. The summed E-state index contributed by atoms with van der Waals surface area (Å²) in [5.41, 5.74) is 3.83. The van der Waals surface area contributed by atoms with E-state index in [9.17, 15) is 4.79 Å². The summed E-state index contributed by atoms with van der Waals surface area (Å²) in [5, 5.41) is 11.5. The van der Waals surface area contributed by atoms with E-state index >= 15 is 0 Å². The molecule has 1 aliphatic heterocycles. The smallest absolute Gasteiger partial charge is 0.320 e. The normalized spacial score (nSPS) is 33.7. The predicted octanol–water partition coefficient (Wildman–Crippen LogP) is -1.57. The fourth-order valence-corrected chi connectivity index (χ4v) is 1.18. The van der Waals surface area contributed by atoms with Gasteiger partial charge < -0.3 is 16.2 Å². The van der Waals surface area contributed by atoms with Crippen LogP contribution in [0.3, 0.4) is 0 Å². The molecule has 58 valence electrons. The summed E-state index contributed by atoms with van der Waals surface area (Å²) in [7, 11) is 0. The molecule has 1 aliphatic rings. The van der Waals surface area contributed by atoms with Gasteiger partial charge in [-0.05, 0) is 0 Å². The molecule has 5 N–H and O–H groups in total. The summed E-state index contributed by atoms with van der Waals surface area (Å²) in [6.07, 6.45) is 1.65. The third-order valence-electron chi connectivity index (χ3n) is 1.81. The summed E-state index contributed by atoms with van der Waals surface area (Å²) < 4.78 is 0. The third kappa shape index (κ3) is 1.68. The topological polar surface area (TPSA) is 77.0 Å². The largest absolute Gasteiger partial charge is 0.480 e. The number of carboxylic acid groups (broad SMARTS) is 1. The van der Waals surface area contributed by atoms with Crippen LogP contribution in [-0.4, -0.2) is 29.7 Å². The summed E-state index contributed by atoms with van der Waals surface area (Å²) in [6, 6.07) is -0.0569. The highest BCUT2D eigenvalue weighted by Crippen LogP contribution is 2.04.